The van der Waals surface area contributed by atoms with E-state index < -0.39 is 17.7 Å². The van der Waals surface area contributed by atoms with Crippen molar-refractivity contribution in [1.29, 1.82) is 5.26 Å². The van der Waals surface area contributed by atoms with Crippen molar-refractivity contribution in [3.63, 3.8) is 0 Å². The monoisotopic (exact) mass is 406 g/mol. The average molecular weight is 407 g/mol. The molecule has 0 aromatic heterocycles. The average Bonchev–Trinajstić information content (AvgIpc) is 2.65. The van der Waals surface area contributed by atoms with Crippen LogP contribution in [-0.2, 0) is 14.3 Å². The van der Waals surface area contributed by atoms with Crippen LogP contribution in [-0.4, -0.2) is 25.8 Å². The van der Waals surface area contributed by atoms with Crippen LogP contribution in [0.2, 0.25) is 5.02 Å². The molecule has 0 amide bonds. The molecule has 0 aliphatic carbocycles. The molecular weight excluding hydrogens is 383 g/mol. The molecule has 0 saturated heterocycles. The van der Waals surface area contributed by atoms with Gasteiger partial charge in [-0.1, -0.05) is 24.6 Å². The van der Waals surface area contributed by atoms with E-state index in [0.29, 0.717) is 40.9 Å². The van der Waals surface area contributed by atoms with E-state index in [4.69, 9.17) is 21.1 Å². The molecule has 1 N–H and O–H groups in total. The highest BCUT2D eigenvalue weighted by Crippen LogP contribution is 2.42. The maximum absolute atomic E-state index is 13.6. The fourth-order valence-corrected chi connectivity index (χ4v) is 3.41. The molecule has 1 aliphatic rings. The molecule has 1 aliphatic heterocycles. The molecule has 2 unspecified atom stereocenters. The molecule has 0 saturated carbocycles. The van der Waals surface area contributed by atoms with Crippen LogP contribution in [0.5, 0.6) is 0 Å². The van der Waals surface area contributed by atoms with Crippen molar-refractivity contribution in [3.8, 4) is 6.07 Å². The number of halogens is 2. The molecule has 1 heterocycles. The van der Waals surface area contributed by atoms with Crippen LogP contribution in [0.1, 0.15) is 45.1 Å². The van der Waals surface area contributed by atoms with Gasteiger partial charge in [-0.15, -0.1) is 0 Å². The van der Waals surface area contributed by atoms with Crippen molar-refractivity contribution in [2.75, 3.05) is 13.7 Å². The number of hydrogen-bond donors (Lipinski definition) is 1. The highest BCUT2D eigenvalue weighted by molar-refractivity contribution is 6.31. The van der Waals surface area contributed by atoms with Crippen LogP contribution in [0.4, 0.5) is 4.39 Å². The minimum atomic E-state index is -0.747. The van der Waals surface area contributed by atoms with Crippen LogP contribution < -0.4 is 5.32 Å². The number of nitriles is 1. The summed E-state index contributed by atoms with van der Waals surface area (Å²) < 4.78 is 24.3. The topological polar surface area (TPSA) is 71.3 Å². The number of esters is 1. The lowest BCUT2D eigenvalue weighted by Gasteiger charge is -2.31. The van der Waals surface area contributed by atoms with Crippen LogP contribution in [0, 0.1) is 17.1 Å². The minimum absolute atomic E-state index is 0.146. The van der Waals surface area contributed by atoms with E-state index in [1.807, 2.05) is 13.8 Å². The lowest BCUT2D eigenvalue weighted by Crippen LogP contribution is -2.31. The summed E-state index contributed by atoms with van der Waals surface area (Å²) in [5.74, 6) is -1.77. The molecule has 28 heavy (non-hydrogen) atoms. The quantitative estimate of drug-likeness (QED) is 0.670. The molecule has 1 aromatic carbocycles. The van der Waals surface area contributed by atoms with E-state index in [2.05, 4.69) is 11.4 Å². The number of allylic oxidation sites excluding steroid dienone is 2. The number of rotatable bonds is 7. The molecule has 0 radical (unpaired) electrons. The van der Waals surface area contributed by atoms with E-state index in [-0.39, 0.29) is 17.7 Å². The molecule has 0 fully saturated rings. The third-order valence-corrected chi connectivity index (χ3v) is 4.92. The number of nitrogens with zero attached hydrogens (tertiary/aromatic N) is 1. The van der Waals surface area contributed by atoms with Crippen LogP contribution in [0.3, 0.4) is 0 Å². The van der Waals surface area contributed by atoms with E-state index in [1.54, 1.807) is 14.0 Å². The second kappa shape index (κ2) is 9.72. The first-order chi connectivity index (χ1) is 13.3. The van der Waals surface area contributed by atoms with Crippen LogP contribution in [0.15, 0.2) is 40.7 Å². The van der Waals surface area contributed by atoms with Gasteiger partial charge in [0.05, 0.1) is 35.8 Å². The summed E-state index contributed by atoms with van der Waals surface area (Å²) in [4.78, 5) is 13.0. The smallest absolute Gasteiger partial charge is 0.336 e. The fourth-order valence-electron chi connectivity index (χ4n) is 3.14. The Bertz CT molecular complexity index is 858. The highest BCUT2D eigenvalue weighted by atomic mass is 35.5. The van der Waals surface area contributed by atoms with Crippen molar-refractivity contribution in [2.45, 2.75) is 45.6 Å². The highest BCUT2D eigenvalue weighted by Gasteiger charge is 2.36. The van der Waals surface area contributed by atoms with Gasteiger partial charge in [0.1, 0.15) is 5.82 Å². The number of benzene rings is 1. The largest absolute Gasteiger partial charge is 0.462 e. The molecule has 0 spiro atoms. The summed E-state index contributed by atoms with van der Waals surface area (Å²) in [5.41, 5.74) is 2.33. The SMILES string of the molecule is CCCOC(=O)C1=C(CC(C)OC)NC(C)=C(C#N)C1c1ccc(F)cc1Cl. The Balaban J connectivity index is 2.68. The second-order valence-corrected chi connectivity index (χ2v) is 7.06. The molecule has 2 atom stereocenters. The Labute approximate surface area is 169 Å². The first kappa shape index (κ1) is 21.9. The van der Waals surface area contributed by atoms with Gasteiger partial charge in [-0.25, -0.2) is 9.18 Å². The molecule has 7 heteroatoms. The lowest BCUT2D eigenvalue weighted by atomic mass is 9.80. The van der Waals surface area contributed by atoms with Gasteiger partial charge in [0.15, 0.2) is 0 Å². The first-order valence-corrected chi connectivity index (χ1v) is 9.47. The molecule has 5 nitrogen and oxygen atoms in total. The first-order valence-electron chi connectivity index (χ1n) is 9.09. The fraction of sp³-hybridized carbons (Fsp3) is 0.429. The van der Waals surface area contributed by atoms with E-state index in [0.717, 1.165) is 0 Å². The Hall–Kier alpha value is -2.36. The number of nitrogens with one attached hydrogen (secondary N) is 1. The third-order valence-electron chi connectivity index (χ3n) is 4.59. The summed E-state index contributed by atoms with van der Waals surface area (Å²) in [6.07, 6.45) is 0.911. The zero-order valence-electron chi connectivity index (χ0n) is 16.4. The van der Waals surface area contributed by atoms with Crippen molar-refractivity contribution >= 4 is 17.6 Å². The number of hydrogen-bond acceptors (Lipinski definition) is 5. The number of dihydropyridines is 1. The van der Waals surface area contributed by atoms with Gasteiger partial charge < -0.3 is 14.8 Å². The summed E-state index contributed by atoms with van der Waals surface area (Å²) in [6, 6.07) is 6.11. The second-order valence-electron chi connectivity index (χ2n) is 6.65. The van der Waals surface area contributed by atoms with E-state index in [1.165, 1.54) is 18.2 Å². The molecule has 2 rings (SSSR count). The zero-order valence-corrected chi connectivity index (χ0v) is 17.2. The Morgan fingerprint density at radius 3 is 2.75 bits per heavy atom. The van der Waals surface area contributed by atoms with Gasteiger partial charge in [-0.3, -0.25) is 0 Å². The van der Waals surface area contributed by atoms with Gasteiger partial charge in [-0.2, -0.15) is 5.26 Å². The van der Waals surface area contributed by atoms with Crippen molar-refractivity contribution in [3.05, 3.63) is 57.1 Å². The summed E-state index contributed by atoms with van der Waals surface area (Å²) in [6.45, 7) is 5.79. The van der Waals surface area contributed by atoms with Crippen LogP contribution in [0.25, 0.3) is 0 Å². The normalized spacial score (nSPS) is 17.8. The van der Waals surface area contributed by atoms with Gasteiger partial charge in [0.2, 0.25) is 0 Å². The maximum atomic E-state index is 13.6. The number of methoxy groups -OCH3 is 1. The number of carbonyl (C=O) groups excluding carboxylic acids is 1. The number of carbonyl (C=O) groups is 1. The van der Waals surface area contributed by atoms with Gasteiger partial charge in [-0.05, 0) is 38.0 Å². The summed E-state index contributed by atoms with van der Waals surface area (Å²) in [5, 5.41) is 13.1. The maximum Gasteiger partial charge on any atom is 0.336 e. The van der Waals surface area contributed by atoms with E-state index >= 15 is 0 Å². The molecule has 1 aromatic rings. The Morgan fingerprint density at radius 2 is 2.18 bits per heavy atom. The standard InChI is InChI=1S/C21H24ClFN2O3/c1-5-8-28-21(26)20-18(9-12(2)27-4)25-13(3)16(11-24)19(20)15-7-6-14(23)10-17(15)22/h6-7,10,12,19,25H,5,8-9H2,1-4H3. The lowest BCUT2D eigenvalue weighted by molar-refractivity contribution is -0.139. The molecule has 150 valence electrons. The Kier molecular flexibility index (Phi) is 7.61. The van der Waals surface area contributed by atoms with Gasteiger partial charge >= 0.3 is 5.97 Å². The summed E-state index contributed by atoms with van der Waals surface area (Å²) in [7, 11) is 1.58. The molecular formula is C21H24ClFN2O3. The minimum Gasteiger partial charge on any atom is -0.462 e. The van der Waals surface area contributed by atoms with Crippen molar-refractivity contribution < 1.29 is 18.7 Å². The van der Waals surface area contributed by atoms with Crippen LogP contribution >= 0.6 is 11.6 Å². The predicted molar refractivity (Wildman–Crippen MR) is 105 cm³/mol. The summed E-state index contributed by atoms with van der Waals surface area (Å²) >= 11 is 6.30. The van der Waals surface area contributed by atoms with Crippen molar-refractivity contribution in [2.24, 2.45) is 0 Å². The van der Waals surface area contributed by atoms with Gasteiger partial charge in [0.25, 0.3) is 0 Å². The number of ether oxygens (including phenoxy) is 2. The predicted octanol–water partition coefficient (Wildman–Crippen LogP) is 4.60. The Morgan fingerprint density at radius 1 is 1.46 bits per heavy atom. The van der Waals surface area contributed by atoms with E-state index in [9.17, 15) is 14.4 Å². The molecule has 0 bridgehead atoms. The van der Waals surface area contributed by atoms with Crippen molar-refractivity contribution in [1.82, 2.24) is 5.32 Å². The third kappa shape index (κ3) is 4.73. The zero-order chi connectivity index (χ0) is 20.8. The van der Waals surface area contributed by atoms with Gasteiger partial charge in [0, 0.05) is 29.9 Å².